The summed E-state index contributed by atoms with van der Waals surface area (Å²) in [5.41, 5.74) is 2.85. The minimum atomic E-state index is -0.436. The first kappa shape index (κ1) is 15.3. The molecule has 0 radical (unpaired) electrons. The van der Waals surface area contributed by atoms with Crippen LogP contribution in [0.5, 0.6) is 5.75 Å². The lowest BCUT2D eigenvalue weighted by atomic mass is 10.0. The van der Waals surface area contributed by atoms with Crippen LogP contribution in [0, 0.1) is 0 Å². The van der Waals surface area contributed by atoms with Crippen LogP contribution in [0.3, 0.4) is 0 Å². The maximum Gasteiger partial charge on any atom is 0.294 e. The van der Waals surface area contributed by atoms with Gasteiger partial charge in [-0.05, 0) is 36.1 Å². The highest BCUT2D eigenvalue weighted by molar-refractivity contribution is 6.42. The third-order valence-corrected chi connectivity index (χ3v) is 4.23. The predicted octanol–water partition coefficient (Wildman–Crippen LogP) is 2.51. The standard InChI is InChI=1S/C19H19NO3/c1-23-17-8-7-14-9-11-20(12-10-16(14)13-17)19(22)18(21)15-5-3-2-4-6-15/h2-8,13H,9-12H2,1H3. The fourth-order valence-electron chi connectivity index (χ4n) is 2.89. The van der Waals surface area contributed by atoms with Crippen LogP contribution in [-0.4, -0.2) is 36.8 Å². The summed E-state index contributed by atoms with van der Waals surface area (Å²) in [7, 11) is 1.65. The van der Waals surface area contributed by atoms with Gasteiger partial charge in [-0.1, -0.05) is 36.4 Å². The zero-order valence-corrected chi connectivity index (χ0v) is 13.1. The van der Waals surface area contributed by atoms with E-state index in [9.17, 15) is 9.59 Å². The number of carbonyl (C=O) groups is 2. The Kier molecular flexibility index (Phi) is 4.42. The molecule has 0 fully saturated rings. The Morgan fingerprint density at radius 3 is 2.35 bits per heavy atom. The van der Waals surface area contributed by atoms with Crippen molar-refractivity contribution in [3.63, 3.8) is 0 Å². The molecule has 0 saturated carbocycles. The van der Waals surface area contributed by atoms with E-state index in [2.05, 4.69) is 0 Å². The van der Waals surface area contributed by atoms with Gasteiger partial charge in [-0.25, -0.2) is 0 Å². The monoisotopic (exact) mass is 309 g/mol. The molecule has 3 rings (SSSR count). The molecule has 0 saturated heterocycles. The van der Waals surface area contributed by atoms with Crippen molar-refractivity contribution in [3.05, 3.63) is 65.2 Å². The van der Waals surface area contributed by atoms with Crippen LogP contribution in [0.2, 0.25) is 0 Å². The SMILES string of the molecule is COc1ccc2c(c1)CCN(C(=O)C(=O)c1ccccc1)CC2. The zero-order valence-electron chi connectivity index (χ0n) is 13.1. The minimum Gasteiger partial charge on any atom is -0.497 e. The maximum atomic E-state index is 12.5. The molecule has 0 atom stereocenters. The first-order chi connectivity index (χ1) is 11.2. The van der Waals surface area contributed by atoms with Gasteiger partial charge >= 0.3 is 0 Å². The second kappa shape index (κ2) is 6.65. The zero-order chi connectivity index (χ0) is 16.2. The minimum absolute atomic E-state index is 0.420. The molecule has 1 heterocycles. The van der Waals surface area contributed by atoms with Gasteiger partial charge in [-0.15, -0.1) is 0 Å². The second-order valence-electron chi connectivity index (χ2n) is 5.62. The lowest BCUT2D eigenvalue weighted by Gasteiger charge is -2.19. The van der Waals surface area contributed by atoms with Crippen LogP contribution in [0.1, 0.15) is 21.5 Å². The molecule has 23 heavy (non-hydrogen) atoms. The molecule has 1 amide bonds. The summed E-state index contributed by atoms with van der Waals surface area (Å²) in [6, 6.07) is 14.7. The van der Waals surface area contributed by atoms with E-state index in [1.165, 1.54) is 11.1 Å². The van der Waals surface area contributed by atoms with Crippen LogP contribution < -0.4 is 4.74 Å². The van der Waals surface area contributed by atoms with Gasteiger partial charge in [0.25, 0.3) is 5.91 Å². The van der Waals surface area contributed by atoms with Crippen molar-refractivity contribution in [2.24, 2.45) is 0 Å². The Hall–Kier alpha value is -2.62. The molecule has 0 aromatic heterocycles. The molecule has 4 heteroatoms. The van der Waals surface area contributed by atoms with Gasteiger partial charge < -0.3 is 9.64 Å². The van der Waals surface area contributed by atoms with Gasteiger partial charge in [0.05, 0.1) is 7.11 Å². The van der Waals surface area contributed by atoms with Gasteiger partial charge in [0.15, 0.2) is 0 Å². The van der Waals surface area contributed by atoms with E-state index < -0.39 is 11.7 Å². The number of ketones is 1. The maximum absolute atomic E-state index is 12.5. The van der Waals surface area contributed by atoms with Crippen molar-refractivity contribution >= 4 is 11.7 Å². The van der Waals surface area contributed by atoms with Crippen molar-refractivity contribution in [1.29, 1.82) is 0 Å². The number of carbonyl (C=O) groups excluding carboxylic acids is 2. The highest BCUT2D eigenvalue weighted by Crippen LogP contribution is 2.22. The second-order valence-corrected chi connectivity index (χ2v) is 5.62. The number of ether oxygens (including phenoxy) is 1. The third kappa shape index (κ3) is 3.26. The summed E-state index contributed by atoms with van der Waals surface area (Å²) in [4.78, 5) is 26.5. The Labute approximate surface area is 135 Å². The number of fused-ring (bicyclic) bond motifs is 1. The first-order valence-electron chi connectivity index (χ1n) is 7.73. The topological polar surface area (TPSA) is 46.6 Å². The van der Waals surface area contributed by atoms with Gasteiger partial charge in [-0.3, -0.25) is 9.59 Å². The number of nitrogens with zero attached hydrogens (tertiary/aromatic N) is 1. The number of amides is 1. The molecular formula is C19H19NO3. The quantitative estimate of drug-likeness (QED) is 0.646. The molecular weight excluding hydrogens is 290 g/mol. The van der Waals surface area contributed by atoms with Crippen molar-refractivity contribution < 1.29 is 14.3 Å². The fourth-order valence-corrected chi connectivity index (χ4v) is 2.89. The highest BCUT2D eigenvalue weighted by atomic mass is 16.5. The molecule has 4 nitrogen and oxygen atoms in total. The number of rotatable bonds is 3. The van der Waals surface area contributed by atoms with E-state index in [1.54, 1.807) is 36.3 Å². The number of hydrogen-bond acceptors (Lipinski definition) is 3. The average molecular weight is 309 g/mol. The molecule has 0 unspecified atom stereocenters. The Morgan fingerprint density at radius 2 is 1.65 bits per heavy atom. The van der Waals surface area contributed by atoms with E-state index >= 15 is 0 Å². The Morgan fingerprint density at radius 1 is 0.957 bits per heavy atom. The number of methoxy groups -OCH3 is 1. The molecule has 1 aliphatic heterocycles. The lowest BCUT2D eigenvalue weighted by Crippen LogP contribution is -2.38. The molecule has 0 aliphatic carbocycles. The van der Waals surface area contributed by atoms with Gasteiger partial charge in [-0.2, -0.15) is 0 Å². The molecule has 1 aliphatic rings. The lowest BCUT2D eigenvalue weighted by molar-refractivity contribution is -0.126. The van der Waals surface area contributed by atoms with Crippen molar-refractivity contribution in [2.45, 2.75) is 12.8 Å². The summed E-state index contributed by atoms with van der Waals surface area (Å²) < 4.78 is 5.26. The summed E-state index contributed by atoms with van der Waals surface area (Å²) in [6.45, 7) is 1.12. The molecule has 0 spiro atoms. The van der Waals surface area contributed by atoms with Crippen LogP contribution >= 0.6 is 0 Å². The number of Topliss-reactive ketones (excluding diaryl/α,β-unsaturated/α-hetero) is 1. The molecule has 118 valence electrons. The average Bonchev–Trinajstić information content (AvgIpc) is 2.83. The van der Waals surface area contributed by atoms with E-state index in [0.29, 0.717) is 18.7 Å². The molecule has 2 aromatic carbocycles. The Bertz CT molecular complexity index is 725. The number of benzene rings is 2. The highest BCUT2D eigenvalue weighted by Gasteiger charge is 2.25. The number of hydrogen-bond donors (Lipinski definition) is 0. The smallest absolute Gasteiger partial charge is 0.294 e. The van der Waals surface area contributed by atoms with Crippen molar-refractivity contribution in [2.75, 3.05) is 20.2 Å². The van der Waals surface area contributed by atoms with Crippen LogP contribution in [-0.2, 0) is 17.6 Å². The summed E-state index contributed by atoms with van der Waals surface area (Å²) in [5.74, 6) is -0.0333. The van der Waals surface area contributed by atoms with Crippen LogP contribution in [0.25, 0.3) is 0 Å². The normalized spacial score (nSPS) is 13.9. The third-order valence-electron chi connectivity index (χ3n) is 4.23. The largest absolute Gasteiger partial charge is 0.497 e. The van der Waals surface area contributed by atoms with Crippen LogP contribution in [0.15, 0.2) is 48.5 Å². The van der Waals surface area contributed by atoms with E-state index in [4.69, 9.17) is 4.74 Å². The predicted molar refractivity (Wildman–Crippen MR) is 87.8 cm³/mol. The van der Waals surface area contributed by atoms with E-state index in [0.717, 1.165) is 18.6 Å². The Balaban J connectivity index is 1.74. The summed E-state index contributed by atoms with van der Waals surface area (Å²) >= 11 is 0. The first-order valence-corrected chi connectivity index (χ1v) is 7.73. The summed E-state index contributed by atoms with van der Waals surface area (Å²) in [6.07, 6.45) is 1.49. The molecule has 0 bridgehead atoms. The van der Waals surface area contributed by atoms with E-state index in [-0.39, 0.29) is 0 Å². The van der Waals surface area contributed by atoms with Gasteiger partial charge in [0, 0.05) is 18.7 Å². The van der Waals surface area contributed by atoms with Crippen LogP contribution in [0.4, 0.5) is 0 Å². The van der Waals surface area contributed by atoms with E-state index in [1.807, 2.05) is 24.3 Å². The van der Waals surface area contributed by atoms with Gasteiger partial charge in [0.2, 0.25) is 5.78 Å². The molecule has 2 aromatic rings. The van der Waals surface area contributed by atoms with Gasteiger partial charge in [0.1, 0.15) is 5.75 Å². The van der Waals surface area contributed by atoms with Crippen molar-refractivity contribution in [1.82, 2.24) is 4.90 Å². The van der Waals surface area contributed by atoms with Crippen molar-refractivity contribution in [3.8, 4) is 5.75 Å². The molecule has 0 N–H and O–H groups in total. The summed E-state index contributed by atoms with van der Waals surface area (Å²) in [5, 5.41) is 0. The fraction of sp³-hybridized carbons (Fsp3) is 0.263.